The van der Waals surface area contributed by atoms with E-state index in [-0.39, 0.29) is 0 Å². The van der Waals surface area contributed by atoms with Crippen molar-refractivity contribution in [3.05, 3.63) is 59.1 Å². The molecule has 3 heteroatoms. The summed E-state index contributed by atoms with van der Waals surface area (Å²) in [4.78, 5) is 2.58. The van der Waals surface area contributed by atoms with Crippen LogP contribution in [0.3, 0.4) is 0 Å². The van der Waals surface area contributed by atoms with Crippen LogP contribution in [0.1, 0.15) is 30.9 Å². The predicted octanol–water partition coefficient (Wildman–Crippen LogP) is 5.31. The lowest BCUT2D eigenvalue weighted by molar-refractivity contribution is 0.408. The summed E-state index contributed by atoms with van der Waals surface area (Å²) in [5.74, 6) is 0. The van der Waals surface area contributed by atoms with Crippen LogP contribution in [0.4, 0.5) is 0 Å². The second-order valence-electron chi connectivity index (χ2n) is 5.10. The quantitative estimate of drug-likeness (QED) is 0.825. The fourth-order valence-electron chi connectivity index (χ4n) is 2.61. The average Bonchev–Trinajstić information content (AvgIpc) is 2.51. The molecule has 2 aromatic rings. The van der Waals surface area contributed by atoms with Gasteiger partial charge < -0.3 is 5.32 Å². The van der Waals surface area contributed by atoms with Crippen LogP contribution in [0.5, 0.6) is 0 Å². The molecule has 1 saturated heterocycles. The van der Waals surface area contributed by atoms with Crippen molar-refractivity contribution in [1.82, 2.24) is 5.32 Å². The number of piperidine rings is 1. The highest BCUT2D eigenvalue weighted by Gasteiger charge is 2.17. The lowest BCUT2D eigenvalue weighted by Gasteiger charge is -2.25. The van der Waals surface area contributed by atoms with Gasteiger partial charge in [-0.25, -0.2) is 0 Å². The van der Waals surface area contributed by atoms with Crippen LogP contribution in [0.15, 0.2) is 58.3 Å². The highest BCUT2D eigenvalue weighted by atomic mass is 35.5. The average molecular weight is 304 g/mol. The first-order valence-electron chi connectivity index (χ1n) is 7.09. The summed E-state index contributed by atoms with van der Waals surface area (Å²) in [5.41, 5.74) is 1.42. The van der Waals surface area contributed by atoms with Crippen LogP contribution in [-0.2, 0) is 0 Å². The first kappa shape index (κ1) is 14.0. The lowest BCUT2D eigenvalue weighted by Crippen LogP contribution is -2.27. The molecule has 2 aromatic carbocycles. The minimum atomic E-state index is 0.500. The van der Waals surface area contributed by atoms with Gasteiger partial charge in [-0.05, 0) is 55.3 Å². The zero-order valence-corrected chi connectivity index (χ0v) is 12.9. The van der Waals surface area contributed by atoms with E-state index in [9.17, 15) is 0 Å². The highest BCUT2D eigenvalue weighted by molar-refractivity contribution is 7.99. The van der Waals surface area contributed by atoms with E-state index >= 15 is 0 Å². The number of nitrogens with one attached hydrogen (secondary N) is 1. The van der Waals surface area contributed by atoms with Crippen LogP contribution in [0.25, 0.3) is 0 Å². The summed E-state index contributed by atoms with van der Waals surface area (Å²) in [6.07, 6.45) is 3.85. The fourth-order valence-corrected chi connectivity index (χ4v) is 3.74. The fraction of sp³-hybridized carbons (Fsp3) is 0.294. The second kappa shape index (κ2) is 6.66. The van der Waals surface area contributed by atoms with E-state index in [2.05, 4.69) is 41.7 Å². The number of hydrogen-bond donors (Lipinski definition) is 1. The van der Waals surface area contributed by atoms with Gasteiger partial charge in [-0.3, -0.25) is 0 Å². The van der Waals surface area contributed by atoms with Gasteiger partial charge in [-0.15, -0.1) is 0 Å². The molecule has 1 heterocycles. The maximum absolute atomic E-state index is 5.95. The minimum absolute atomic E-state index is 0.500. The standard InChI is InChI=1S/C17H18ClNS/c18-13-8-10-14(11-9-13)20-17-7-2-1-5-15(17)16-6-3-4-12-19-16/h1-2,5,7-11,16,19H,3-4,6,12H2/t16-/m1/s1. The maximum Gasteiger partial charge on any atom is 0.0406 e. The van der Waals surface area contributed by atoms with Crippen LogP contribution in [0, 0.1) is 0 Å². The smallest absolute Gasteiger partial charge is 0.0406 e. The van der Waals surface area contributed by atoms with Crippen molar-refractivity contribution >= 4 is 23.4 Å². The van der Waals surface area contributed by atoms with E-state index in [1.54, 1.807) is 0 Å². The molecule has 104 valence electrons. The molecule has 3 rings (SSSR count). The Kier molecular flexibility index (Phi) is 4.66. The largest absolute Gasteiger partial charge is 0.310 e. The molecule has 1 N–H and O–H groups in total. The molecule has 0 radical (unpaired) electrons. The summed E-state index contributed by atoms with van der Waals surface area (Å²) in [6, 6.07) is 17.3. The predicted molar refractivity (Wildman–Crippen MR) is 86.6 cm³/mol. The second-order valence-corrected chi connectivity index (χ2v) is 6.65. The molecule has 0 saturated carbocycles. The van der Waals surface area contributed by atoms with E-state index in [1.165, 1.54) is 34.6 Å². The zero-order valence-electron chi connectivity index (χ0n) is 11.3. The lowest BCUT2D eigenvalue weighted by atomic mass is 9.98. The first-order valence-corrected chi connectivity index (χ1v) is 8.28. The van der Waals surface area contributed by atoms with Crippen LogP contribution < -0.4 is 5.32 Å². The Bertz CT molecular complexity index is 561. The van der Waals surface area contributed by atoms with E-state index in [0.717, 1.165) is 11.6 Å². The molecular formula is C17H18ClNS. The van der Waals surface area contributed by atoms with Gasteiger partial charge in [0, 0.05) is 20.9 Å². The number of hydrogen-bond acceptors (Lipinski definition) is 2. The molecule has 0 amide bonds. The molecular weight excluding hydrogens is 286 g/mol. The van der Waals surface area contributed by atoms with Crippen molar-refractivity contribution in [3.63, 3.8) is 0 Å². The van der Waals surface area contributed by atoms with Gasteiger partial charge in [0.05, 0.1) is 0 Å². The Morgan fingerprint density at radius 1 is 1.00 bits per heavy atom. The van der Waals surface area contributed by atoms with Crippen molar-refractivity contribution in [3.8, 4) is 0 Å². The molecule has 1 aliphatic rings. The van der Waals surface area contributed by atoms with Crippen LogP contribution in [-0.4, -0.2) is 6.54 Å². The van der Waals surface area contributed by atoms with Crippen molar-refractivity contribution in [2.75, 3.05) is 6.54 Å². The molecule has 20 heavy (non-hydrogen) atoms. The minimum Gasteiger partial charge on any atom is -0.310 e. The Hall–Kier alpha value is -0.960. The van der Waals surface area contributed by atoms with E-state index < -0.39 is 0 Å². The van der Waals surface area contributed by atoms with Crippen molar-refractivity contribution < 1.29 is 0 Å². The van der Waals surface area contributed by atoms with Gasteiger partial charge in [0.25, 0.3) is 0 Å². The van der Waals surface area contributed by atoms with Crippen molar-refractivity contribution in [2.45, 2.75) is 35.1 Å². The molecule has 0 aromatic heterocycles. The van der Waals surface area contributed by atoms with Gasteiger partial charge in [0.15, 0.2) is 0 Å². The zero-order chi connectivity index (χ0) is 13.8. The van der Waals surface area contributed by atoms with E-state index in [1.807, 2.05) is 23.9 Å². The molecule has 1 nitrogen and oxygen atoms in total. The SMILES string of the molecule is Clc1ccc(Sc2ccccc2[C@H]2CCCCN2)cc1. The van der Waals surface area contributed by atoms with Gasteiger partial charge in [-0.2, -0.15) is 0 Å². The number of benzene rings is 2. The molecule has 1 atom stereocenters. The third-order valence-electron chi connectivity index (χ3n) is 3.65. The summed E-state index contributed by atoms with van der Waals surface area (Å²) < 4.78 is 0. The number of rotatable bonds is 3. The molecule has 1 fully saturated rings. The summed E-state index contributed by atoms with van der Waals surface area (Å²) >= 11 is 7.77. The Morgan fingerprint density at radius 2 is 1.80 bits per heavy atom. The van der Waals surface area contributed by atoms with Crippen molar-refractivity contribution in [2.24, 2.45) is 0 Å². The molecule has 0 bridgehead atoms. The summed E-state index contributed by atoms with van der Waals surface area (Å²) in [7, 11) is 0. The first-order chi connectivity index (χ1) is 9.83. The maximum atomic E-state index is 5.95. The molecule has 0 aliphatic carbocycles. The van der Waals surface area contributed by atoms with Crippen LogP contribution >= 0.6 is 23.4 Å². The van der Waals surface area contributed by atoms with E-state index in [4.69, 9.17) is 11.6 Å². The van der Waals surface area contributed by atoms with Crippen molar-refractivity contribution in [1.29, 1.82) is 0 Å². The monoisotopic (exact) mass is 303 g/mol. The van der Waals surface area contributed by atoms with Gasteiger partial charge in [0.2, 0.25) is 0 Å². The normalized spacial score (nSPS) is 18.9. The summed E-state index contributed by atoms with van der Waals surface area (Å²) in [5, 5.41) is 4.42. The highest BCUT2D eigenvalue weighted by Crippen LogP contribution is 2.35. The molecule has 0 unspecified atom stereocenters. The van der Waals surface area contributed by atoms with Gasteiger partial charge >= 0.3 is 0 Å². The molecule has 1 aliphatic heterocycles. The third kappa shape index (κ3) is 3.38. The Balaban J connectivity index is 1.83. The third-order valence-corrected chi connectivity index (χ3v) is 5.00. The van der Waals surface area contributed by atoms with Gasteiger partial charge in [-0.1, -0.05) is 48.0 Å². The van der Waals surface area contributed by atoms with Gasteiger partial charge in [0.1, 0.15) is 0 Å². The Morgan fingerprint density at radius 3 is 2.55 bits per heavy atom. The number of halogens is 1. The van der Waals surface area contributed by atoms with E-state index in [0.29, 0.717) is 6.04 Å². The van der Waals surface area contributed by atoms with Crippen LogP contribution in [0.2, 0.25) is 5.02 Å². The Labute approximate surface area is 129 Å². The summed E-state index contributed by atoms with van der Waals surface area (Å²) in [6.45, 7) is 1.13. The molecule has 0 spiro atoms. The topological polar surface area (TPSA) is 12.0 Å².